The highest BCUT2D eigenvalue weighted by atomic mass is 32.2. The molecule has 21 heavy (non-hydrogen) atoms. The van der Waals surface area contributed by atoms with Crippen LogP contribution in [0.2, 0.25) is 0 Å². The molecule has 0 fully saturated rings. The molecule has 0 aromatic heterocycles. The van der Waals surface area contributed by atoms with E-state index in [2.05, 4.69) is 15.5 Å². The maximum absolute atomic E-state index is 11.5. The number of carbonyl (C=O) groups is 2. The smallest absolute Gasteiger partial charge is 0.325 e. The Bertz CT molecular complexity index is 551. The van der Waals surface area contributed by atoms with E-state index in [-0.39, 0.29) is 13.1 Å². The summed E-state index contributed by atoms with van der Waals surface area (Å²) in [5.74, 6) is -1.00. The van der Waals surface area contributed by atoms with E-state index in [1.807, 2.05) is 6.26 Å². The maximum Gasteiger partial charge on any atom is 0.325 e. The molecular formula is C14H16N2O4S. The minimum atomic E-state index is -0.502. The van der Waals surface area contributed by atoms with Crippen molar-refractivity contribution in [2.75, 3.05) is 38.5 Å². The van der Waals surface area contributed by atoms with E-state index in [4.69, 9.17) is 0 Å². The number of carbonyl (C=O) groups excluding carboxylic acids is 2. The predicted octanol–water partition coefficient (Wildman–Crippen LogP) is 1.43. The first-order valence-corrected chi connectivity index (χ1v) is 7.25. The Hall–Kier alpha value is -2.20. The second kappa shape index (κ2) is 8.17. The quantitative estimate of drug-likeness (QED) is 0.581. The molecule has 0 bridgehead atoms. The zero-order chi connectivity index (χ0) is 15.8. The van der Waals surface area contributed by atoms with Crippen LogP contribution < -0.4 is 4.90 Å². The predicted molar refractivity (Wildman–Crippen MR) is 79.2 cm³/mol. The van der Waals surface area contributed by atoms with Gasteiger partial charge in [0, 0.05) is 4.90 Å². The van der Waals surface area contributed by atoms with Crippen LogP contribution in [0.5, 0.6) is 0 Å². The summed E-state index contributed by atoms with van der Waals surface area (Å²) in [5.41, 5.74) is 0.915. The van der Waals surface area contributed by atoms with Crippen LogP contribution in [0.1, 0.15) is 5.56 Å². The monoisotopic (exact) mass is 308 g/mol. The molecule has 0 amide bonds. The van der Waals surface area contributed by atoms with E-state index in [1.54, 1.807) is 18.2 Å². The fraction of sp³-hybridized carbons (Fsp3) is 0.357. The number of rotatable bonds is 6. The highest BCUT2D eigenvalue weighted by molar-refractivity contribution is 7.98. The standard InChI is InChI=1S/C14H16N2O4S/c1-19-13(17)8-16(9-14(18)20-2)11-5-4-6-12(21-3)10(11)7-15/h4-6H,8-9H2,1-3H3. The van der Waals surface area contributed by atoms with E-state index in [1.165, 1.54) is 30.9 Å². The van der Waals surface area contributed by atoms with Gasteiger partial charge in [0.2, 0.25) is 0 Å². The molecule has 7 heteroatoms. The van der Waals surface area contributed by atoms with Crippen LogP contribution in [0.25, 0.3) is 0 Å². The molecule has 1 aromatic rings. The van der Waals surface area contributed by atoms with Crippen LogP contribution in [-0.4, -0.2) is 45.5 Å². The molecule has 1 rings (SSSR count). The number of hydrogen-bond donors (Lipinski definition) is 0. The first-order chi connectivity index (χ1) is 10.1. The summed E-state index contributed by atoms with van der Waals surface area (Å²) >= 11 is 1.42. The highest BCUT2D eigenvalue weighted by Gasteiger charge is 2.20. The van der Waals surface area contributed by atoms with Gasteiger partial charge in [0.25, 0.3) is 0 Å². The number of anilines is 1. The molecule has 0 aliphatic heterocycles. The summed E-state index contributed by atoms with van der Waals surface area (Å²) in [5, 5.41) is 9.34. The minimum Gasteiger partial charge on any atom is -0.468 e. The van der Waals surface area contributed by atoms with Crippen LogP contribution in [0.4, 0.5) is 5.69 Å². The average molecular weight is 308 g/mol. The molecule has 0 radical (unpaired) electrons. The summed E-state index contributed by atoms with van der Waals surface area (Å²) < 4.78 is 9.25. The van der Waals surface area contributed by atoms with Crippen LogP contribution in [-0.2, 0) is 19.1 Å². The van der Waals surface area contributed by atoms with Crippen molar-refractivity contribution in [1.82, 2.24) is 0 Å². The molecule has 0 aliphatic rings. The van der Waals surface area contributed by atoms with Gasteiger partial charge in [-0.05, 0) is 18.4 Å². The number of thioether (sulfide) groups is 1. The maximum atomic E-state index is 11.5. The zero-order valence-corrected chi connectivity index (χ0v) is 12.9. The third-order valence-electron chi connectivity index (χ3n) is 2.77. The van der Waals surface area contributed by atoms with Crippen molar-refractivity contribution in [3.8, 4) is 6.07 Å². The molecule has 0 saturated heterocycles. The van der Waals surface area contributed by atoms with Crippen molar-refractivity contribution < 1.29 is 19.1 Å². The van der Waals surface area contributed by atoms with Crippen molar-refractivity contribution in [3.63, 3.8) is 0 Å². The van der Waals surface area contributed by atoms with Gasteiger partial charge in [0.15, 0.2) is 0 Å². The summed E-state index contributed by atoms with van der Waals surface area (Å²) in [4.78, 5) is 25.3. The van der Waals surface area contributed by atoms with E-state index >= 15 is 0 Å². The molecular weight excluding hydrogens is 292 g/mol. The number of nitrogens with zero attached hydrogens (tertiary/aromatic N) is 2. The molecule has 0 spiro atoms. The molecule has 112 valence electrons. The van der Waals surface area contributed by atoms with Gasteiger partial charge in [-0.2, -0.15) is 5.26 Å². The minimum absolute atomic E-state index is 0.141. The van der Waals surface area contributed by atoms with Gasteiger partial charge in [-0.1, -0.05) is 6.07 Å². The number of ether oxygens (including phenoxy) is 2. The number of esters is 2. The van der Waals surface area contributed by atoms with Crippen molar-refractivity contribution >= 4 is 29.4 Å². The fourth-order valence-corrected chi connectivity index (χ4v) is 2.30. The Morgan fingerprint density at radius 2 is 1.81 bits per heavy atom. The molecule has 6 nitrogen and oxygen atoms in total. The molecule has 0 atom stereocenters. The molecule has 0 heterocycles. The Morgan fingerprint density at radius 3 is 2.24 bits per heavy atom. The Morgan fingerprint density at radius 1 is 1.24 bits per heavy atom. The van der Waals surface area contributed by atoms with Crippen LogP contribution in [0.15, 0.2) is 23.1 Å². The third-order valence-corrected chi connectivity index (χ3v) is 3.55. The van der Waals surface area contributed by atoms with Crippen LogP contribution in [0, 0.1) is 11.3 Å². The third kappa shape index (κ3) is 4.39. The van der Waals surface area contributed by atoms with Crippen molar-refractivity contribution in [1.29, 1.82) is 5.26 Å². The van der Waals surface area contributed by atoms with Gasteiger partial charge in [0.1, 0.15) is 19.2 Å². The first kappa shape index (κ1) is 16.9. The summed E-state index contributed by atoms with van der Waals surface area (Å²) in [6.45, 7) is -0.282. The largest absolute Gasteiger partial charge is 0.468 e. The van der Waals surface area contributed by atoms with Gasteiger partial charge < -0.3 is 14.4 Å². The molecule has 0 N–H and O–H groups in total. The summed E-state index contributed by atoms with van der Waals surface area (Å²) in [6, 6.07) is 7.37. The second-order valence-electron chi connectivity index (χ2n) is 3.97. The summed E-state index contributed by atoms with van der Waals surface area (Å²) in [7, 11) is 2.53. The van der Waals surface area contributed by atoms with Crippen molar-refractivity contribution in [2.24, 2.45) is 0 Å². The van der Waals surface area contributed by atoms with Gasteiger partial charge in [-0.25, -0.2) is 0 Å². The van der Waals surface area contributed by atoms with Gasteiger partial charge in [-0.15, -0.1) is 11.8 Å². The summed E-state index contributed by atoms with van der Waals surface area (Å²) in [6.07, 6.45) is 1.85. The van der Waals surface area contributed by atoms with Crippen LogP contribution >= 0.6 is 11.8 Å². The lowest BCUT2D eigenvalue weighted by atomic mass is 10.1. The van der Waals surface area contributed by atoms with Crippen molar-refractivity contribution in [2.45, 2.75) is 4.90 Å². The topological polar surface area (TPSA) is 79.6 Å². The van der Waals surface area contributed by atoms with Gasteiger partial charge in [-0.3, -0.25) is 9.59 Å². The highest BCUT2D eigenvalue weighted by Crippen LogP contribution is 2.29. The molecule has 0 saturated carbocycles. The lowest BCUT2D eigenvalue weighted by Crippen LogP contribution is -2.36. The van der Waals surface area contributed by atoms with Crippen LogP contribution in [0.3, 0.4) is 0 Å². The van der Waals surface area contributed by atoms with E-state index in [0.717, 1.165) is 4.90 Å². The number of hydrogen-bond acceptors (Lipinski definition) is 7. The van der Waals surface area contributed by atoms with E-state index < -0.39 is 11.9 Å². The number of methoxy groups -OCH3 is 2. The fourth-order valence-electron chi connectivity index (χ4n) is 1.73. The SMILES string of the molecule is COC(=O)CN(CC(=O)OC)c1cccc(SC)c1C#N. The Labute approximate surface area is 127 Å². The van der Waals surface area contributed by atoms with Gasteiger partial charge in [0.05, 0.1) is 25.5 Å². The Kier molecular flexibility index (Phi) is 6.56. The van der Waals surface area contributed by atoms with Crippen molar-refractivity contribution in [3.05, 3.63) is 23.8 Å². The number of nitriles is 1. The lowest BCUT2D eigenvalue weighted by molar-refractivity contribution is -0.140. The normalized spacial score (nSPS) is 9.62. The van der Waals surface area contributed by atoms with Gasteiger partial charge >= 0.3 is 11.9 Å². The van der Waals surface area contributed by atoms with E-state index in [9.17, 15) is 14.9 Å². The average Bonchev–Trinajstić information content (AvgIpc) is 2.52. The molecule has 0 aliphatic carbocycles. The van der Waals surface area contributed by atoms with E-state index in [0.29, 0.717) is 11.3 Å². The second-order valence-corrected chi connectivity index (χ2v) is 4.82. The molecule has 1 aromatic carbocycles. The Balaban J connectivity index is 3.22. The first-order valence-electron chi connectivity index (χ1n) is 6.03. The molecule has 0 unspecified atom stereocenters. The lowest BCUT2D eigenvalue weighted by Gasteiger charge is -2.23. The zero-order valence-electron chi connectivity index (χ0n) is 12.1. The number of benzene rings is 1.